The van der Waals surface area contributed by atoms with E-state index in [-0.39, 0.29) is 5.54 Å². The average Bonchev–Trinajstić information content (AvgIpc) is 2.70. The maximum Gasteiger partial charge on any atom is 0.0332 e. The van der Waals surface area contributed by atoms with Gasteiger partial charge in [-0.05, 0) is 42.3 Å². The number of nitrogens with one attached hydrogen (secondary N) is 1. The van der Waals surface area contributed by atoms with Crippen LogP contribution < -0.4 is 5.32 Å². The Kier molecular flexibility index (Phi) is 4.29. The Morgan fingerprint density at radius 3 is 3.00 bits per heavy atom. The lowest BCUT2D eigenvalue weighted by Gasteiger charge is -2.44. The molecular weight excluding hydrogens is 296 g/mol. The summed E-state index contributed by atoms with van der Waals surface area (Å²) in [6.45, 7) is 10.2. The van der Waals surface area contributed by atoms with Crippen molar-refractivity contribution in [3.63, 3.8) is 0 Å². The van der Waals surface area contributed by atoms with Gasteiger partial charge in [-0.3, -0.25) is 4.90 Å². The van der Waals surface area contributed by atoms with E-state index in [1.54, 1.807) is 0 Å². The Labute approximate surface area is 117 Å². The fourth-order valence-corrected chi connectivity index (χ4v) is 3.74. The molecule has 0 aromatic carbocycles. The molecule has 17 heavy (non-hydrogen) atoms. The first-order valence-electron chi connectivity index (χ1n) is 6.24. The fourth-order valence-electron chi connectivity index (χ4n) is 2.27. The van der Waals surface area contributed by atoms with Gasteiger partial charge in [-0.1, -0.05) is 6.92 Å². The third kappa shape index (κ3) is 3.31. The van der Waals surface area contributed by atoms with E-state index >= 15 is 0 Å². The molecular formula is C13H21BrN2S. The van der Waals surface area contributed by atoms with Gasteiger partial charge in [-0.25, -0.2) is 0 Å². The summed E-state index contributed by atoms with van der Waals surface area (Å²) in [5, 5.41) is 5.84. The first-order valence-corrected chi connectivity index (χ1v) is 7.92. The van der Waals surface area contributed by atoms with E-state index in [0.717, 1.165) is 19.6 Å². The van der Waals surface area contributed by atoms with Gasteiger partial charge >= 0.3 is 0 Å². The standard InChI is InChI=1S/C13H21BrN2S/c1-4-13(3)9-16(10(2)6-15-13)7-12-5-11(14)8-17-12/h5,8,10,15H,4,6-7,9H2,1-3H3. The average molecular weight is 317 g/mol. The van der Waals surface area contributed by atoms with Crippen molar-refractivity contribution in [2.45, 2.75) is 45.3 Å². The summed E-state index contributed by atoms with van der Waals surface area (Å²) >= 11 is 5.37. The van der Waals surface area contributed by atoms with Gasteiger partial charge in [0.25, 0.3) is 0 Å². The summed E-state index contributed by atoms with van der Waals surface area (Å²) in [4.78, 5) is 4.04. The number of hydrogen-bond donors (Lipinski definition) is 1. The molecule has 2 unspecified atom stereocenters. The molecule has 0 saturated carbocycles. The van der Waals surface area contributed by atoms with Crippen molar-refractivity contribution in [1.29, 1.82) is 0 Å². The van der Waals surface area contributed by atoms with E-state index in [2.05, 4.69) is 58.4 Å². The van der Waals surface area contributed by atoms with Crippen molar-refractivity contribution in [2.24, 2.45) is 0 Å². The SMILES string of the molecule is CCC1(C)CN(Cc2cc(Br)cs2)C(C)CN1. The predicted octanol–water partition coefficient (Wildman–Crippen LogP) is 3.47. The number of halogens is 1. The van der Waals surface area contributed by atoms with E-state index in [1.165, 1.54) is 15.8 Å². The summed E-state index contributed by atoms with van der Waals surface area (Å²) in [5.74, 6) is 0. The summed E-state index contributed by atoms with van der Waals surface area (Å²) in [5.41, 5.74) is 0.279. The Morgan fingerprint density at radius 2 is 2.41 bits per heavy atom. The van der Waals surface area contributed by atoms with Crippen LogP contribution in [0.4, 0.5) is 0 Å². The van der Waals surface area contributed by atoms with Crippen LogP contribution in [0, 0.1) is 0 Å². The summed E-state index contributed by atoms with van der Waals surface area (Å²) in [7, 11) is 0. The maximum atomic E-state index is 3.67. The van der Waals surface area contributed by atoms with Gasteiger partial charge in [0.05, 0.1) is 0 Å². The molecule has 0 aliphatic carbocycles. The smallest absolute Gasteiger partial charge is 0.0332 e. The lowest BCUT2D eigenvalue weighted by atomic mass is 9.94. The minimum atomic E-state index is 0.279. The van der Waals surface area contributed by atoms with E-state index in [4.69, 9.17) is 0 Å². The third-order valence-corrected chi connectivity index (χ3v) is 5.44. The van der Waals surface area contributed by atoms with Gasteiger partial charge < -0.3 is 5.32 Å². The second-order valence-corrected chi connectivity index (χ2v) is 7.19. The van der Waals surface area contributed by atoms with Crippen LogP contribution in [-0.2, 0) is 6.54 Å². The lowest BCUT2D eigenvalue weighted by molar-refractivity contribution is 0.0875. The zero-order valence-electron chi connectivity index (χ0n) is 10.8. The number of hydrogen-bond acceptors (Lipinski definition) is 3. The van der Waals surface area contributed by atoms with Crippen molar-refractivity contribution in [1.82, 2.24) is 10.2 Å². The number of rotatable bonds is 3. The molecule has 1 N–H and O–H groups in total. The summed E-state index contributed by atoms with van der Waals surface area (Å²) in [6.07, 6.45) is 1.18. The molecule has 2 heterocycles. The Hall–Kier alpha value is 0.1000. The first-order chi connectivity index (χ1) is 8.02. The minimum absolute atomic E-state index is 0.279. The molecule has 1 aromatic heterocycles. The molecule has 0 spiro atoms. The highest BCUT2D eigenvalue weighted by Gasteiger charge is 2.32. The normalized spacial score (nSPS) is 30.7. The molecule has 0 radical (unpaired) electrons. The topological polar surface area (TPSA) is 15.3 Å². The molecule has 1 aliphatic rings. The highest BCUT2D eigenvalue weighted by molar-refractivity contribution is 9.10. The van der Waals surface area contributed by atoms with E-state index in [1.807, 2.05) is 11.3 Å². The van der Waals surface area contributed by atoms with Gasteiger partial charge in [0.2, 0.25) is 0 Å². The molecule has 2 atom stereocenters. The van der Waals surface area contributed by atoms with Crippen LogP contribution >= 0.6 is 27.3 Å². The predicted molar refractivity (Wildman–Crippen MR) is 78.6 cm³/mol. The van der Waals surface area contributed by atoms with Crippen LogP contribution in [-0.4, -0.2) is 29.6 Å². The van der Waals surface area contributed by atoms with Crippen molar-refractivity contribution in [3.8, 4) is 0 Å². The third-order valence-electron chi connectivity index (χ3n) is 3.76. The number of piperazine rings is 1. The highest BCUT2D eigenvalue weighted by Crippen LogP contribution is 2.25. The van der Waals surface area contributed by atoms with Crippen LogP contribution in [0.25, 0.3) is 0 Å². The van der Waals surface area contributed by atoms with Crippen molar-refractivity contribution in [3.05, 3.63) is 20.8 Å². The zero-order chi connectivity index (χ0) is 12.5. The molecule has 2 rings (SSSR count). The van der Waals surface area contributed by atoms with Gasteiger partial charge in [0.1, 0.15) is 0 Å². The van der Waals surface area contributed by atoms with Crippen LogP contribution in [0.15, 0.2) is 15.9 Å². The molecule has 1 saturated heterocycles. The molecule has 4 heteroatoms. The summed E-state index contributed by atoms with van der Waals surface area (Å²) < 4.78 is 1.21. The van der Waals surface area contributed by atoms with Crippen LogP contribution in [0.5, 0.6) is 0 Å². The Balaban J connectivity index is 2.03. The maximum absolute atomic E-state index is 3.67. The molecule has 2 nitrogen and oxygen atoms in total. The lowest BCUT2D eigenvalue weighted by Crippen LogP contribution is -2.61. The zero-order valence-corrected chi connectivity index (χ0v) is 13.2. The highest BCUT2D eigenvalue weighted by atomic mass is 79.9. The molecule has 0 amide bonds. The van der Waals surface area contributed by atoms with Gasteiger partial charge in [-0.2, -0.15) is 0 Å². The molecule has 1 aromatic rings. The Bertz CT molecular complexity index is 379. The number of nitrogens with zero attached hydrogens (tertiary/aromatic N) is 1. The molecule has 96 valence electrons. The quantitative estimate of drug-likeness (QED) is 0.918. The summed E-state index contributed by atoms with van der Waals surface area (Å²) in [6, 6.07) is 2.86. The largest absolute Gasteiger partial charge is 0.309 e. The molecule has 1 aliphatic heterocycles. The number of thiophene rings is 1. The Morgan fingerprint density at radius 1 is 1.65 bits per heavy atom. The molecule has 0 bridgehead atoms. The fraction of sp³-hybridized carbons (Fsp3) is 0.692. The van der Waals surface area contributed by atoms with Gasteiger partial charge in [0, 0.05) is 45.9 Å². The molecule has 1 fully saturated rings. The van der Waals surface area contributed by atoms with Crippen molar-refractivity contribution in [2.75, 3.05) is 13.1 Å². The second kappa shape index (κ2) is 5.39. The van der Waals surface area contributed by atoms with Crippen LogP contribution in [0.2, 0.25) is 0 Å². The minimum Gasteiger partial charge on any atom is -0.309 e. The van der Waals surface area contributed by atoms with Gasteiger partial charge in [0.15, 0.2) is 0 Å². The van der Waals surface area contributed by atoms with Crippen molar-refractivity contribution < 1.29 is 0 Å². The van der Waals surface area contributed by atoms with Crippen LogP contribution in [0.3, 0.4) is 0 Å². The van der Waals surface area contributed by atoms with Crippen molar-refractivity contribution >= 4 is 27.3 Å². The van der Waals surface area contributed by atoms with Gasteiger partial charge in [-0.15, -0.1) is 11.3 Å². The monoisotopic (exact) mass is 316 g/mol. The second-order valence-electron chi connectivity index (χ2n) is 5.28. The van der Waals surface area contributed by atoms with E-state index < -0.39 is 0 Å². The first kappa shape index (κ1) is 13.5. The van der Waals surface area contributed by atoms with E-state index in [0.29, 0.717) is 6.04 Å². The van der Waals surface area contributed by atoms with Crippen LogP contribution in [0.1, 0.15) is 32.1 Å². The van der Waals surface area contributed by atoms with E-state index in [9.17, 15) is 0 Å².